The zero-order chi connectivity index (χ0) is 3.54. The van der Waals surface area contributed by atoms with E-state index in [9.17, 15) is 0 Å². The average Bonchev–Trinajstić information content (AvgIpc) is 1.76. The lowest BCUT2D eigenvalue weighted by Gasteiger charge is -1.74. The van der Waals surface area contributed by atoms with Crippen molar-refractivity contribution in [1.82, 2.24) is 0 Å². The maximum Gasteiger partial charge on any atom is 0.155 e. The summed E-state index contributed by atoms with van der Waals surface area (Å²) in [6.45, 7) is 1.58. The van der Waals surface area contributed by atoms with Gasteiger partial charge in [0, 0.05) is 0 Å². The zero-order valence-electron chi connectivity index (χ0n) is 2.73. The first-order valence-electron chi connectivity index (χ1n) is 1.49. The largest absolute Gasteiger partial charge is 0.334 e. The van der Waals surface area contributed by atoms with E-state index in [0.717, 1.165) is 13.2 Å². The van der Waals surface area contributed by atoms with Crippen LogP contribution in [0.1, 0.15) is 0 Å². The molecule has 4 heteroatoms. The molecule has 1 aliphatic rings. The number of rotatable bonds is 0. The highest BCUT2D eigenvalue weighted by Gasteiger charge is 1.94. The minimum atomic E-state index is 0. The molecule has 0 spiro atoms. The molecule has 0 N–H and O–H groups in total. The van der Waals surface area contributed by atoms with E-state index in [-0.39, 0.29) is 8.41 Å². The van der Waals surface area contributed by atoms with E-state index in [1.54, 1.807) is 0 Å². The van der Waals surface area contributed by atoms with Crippen LogP contribution in [0.4, 0.5) is 0 Å². The smallest absolute Gasteiger partial charge is 0.155 e. The van der Waals surface area contributed by atoms with Gasteiger partial charge in [0.1, 0.15) is 0 Å². The molecular weight excluding hydrogens is 97.8 g/mol. The first kappa shape index (κ1) is 6.41. The molecule has 1 rings (SSSR count). The fourth-order valence-electron chi connectivity index (χ4n) is 0.208. The Hall–Kier alpha value is 0.415. The molecule has 0 aromatic carbocycles. The summed E-state index contributed by atoms with van der Waals surface area (Å²) < 4.78 is 9.50. The highest BCUT2D eigenvalue weighted by Crippen LogP contribution is 2.18. The van der Waals surface area contributed by atoms with Crippen LogP contribution >= 0.6 is 9.03 Å². The maximum absolute atomic E-state index is 4.75. The van der Waals surface area contributed by atoms with Crippen molar-refractivity contribution in [2.45, 2.75) is 0 Å². The van der Waals surface area contributed by atoms with Crippen LogP contribution in [-0.4, -0.2) is 21.6 Å². The van der Waals surface area contributed by atoms with Gasteiger partial charge < -0.3 is 9.05 Å². The summed E-state index contributed by atoms with van der Waals surface area (Å²) in [6.07, 6.45) is 0. The third-order valence-electron chi connectivity index (χ3n) is 0.405. The average molecular weight is 106 g/mol. The van der Waals surface area contributed by atoms with E-state index in [2.05, 4.69) is 0 Å². The van der Waals surface area contributed by atoms with E-state index in [1.165, 1.54) is 0 Å². The van der Waals surface area contributed by atoms with Crippen LogP contribution in [0, 0.1) is 0 Å². The van der Waals surface area contributed by atoms with Crippen LogP contribution < -0.4 is 0 Å². The molecule has 0 aromatic rings. The summed E-state index contributed by atoms with van der Waals surface area (Å²) in [5.41, 5.74) is 0. The molecule has 36 valence electrons. The second-order valence-electron chi connectivity index (χ2n) is 0.780. The Bertz CT molecular complexity index is 23.1. The van der Waals surface area contributed by atoms with Crippen molar-refractivity contribution >= 4 is 17.4 Å². The summed E-state index contributed by atoms with van der Waals surface area (Å²) in [6, 6.07) is 0. The second-order valence-corrected chi connectivity index (χ2v) is 1.52. The molecule has 0 amide bonds. The molecular formula is C2H8BO2P. The molecule has 1 saturated heterocycles. The highest BCUT2D eigenvalue weighted by molar-refractivity contribution is 7.26. The summed E-state index contributed by atoms with van der Waals surface area (Å²) in [4.78, 5) is 0. The maximum atomic E-state index is 4.75. The Morgan fingerprint density at radius 1 is 1.17 bits per heavy atom. The predicted molar refractivity (Wildman–Crippen MR) is 30.2 cm³/mol. The lowest BCUT2D eigenvalue weighted by atomic mass is 10.8. The molecule has 0 atom stereocenters. The fraction of sp³-hybridized carbons (Fsp3) is 1.00. The van der Waals surface area contributed by atoms with Gasteiger partial charge in [0.05, 0.1) is 21.6 Å². The summed E-state index contributed by atoms with van der Waals surface area (Å²) in [5, 5.41) is 0. The van der Waals surface area contributed by atoms with E-state index in [1.807, 2.05) is 0 Å². The predicted octanol–water partition coefficient (Wildman–Crippen LogP) is -0.642. The summed E-state index contributed by atoms with van der Waals surface area (Å²) in [5.74, 6) is 0. The standard InChI is InChI=1S/C2H5O2P.BH3/c1-2-4-5-3-1;/h5H,1-2H2;1H3. The van der Waals surface area contributed by atoms with Crippen molar-refractivity contribution < 1.29 is 9.05 Å². The molecule has 0 aliphatic carbocycles. The van der Waals surface area contributed by atoms with Gasteiger partial charge in [0.25, 0.3) is 0 Å². The van der Waals surface area contributed by atoms with Gasteiger partial charge in [0.2, 0.25) is 0 Å². The molecule has 1 heterocycles. The van der Waals surface area contributed by atoms with Crippen LogP contribution in [-0.2, 0) is 9.05 Å². The quantitative estimate of drug-likeness (QED) is 0.302. The van der Waals surface area contributed by atoms with Crippen molar-refractivity contribution in [2.24, 2.45) is 0 Å². The normalized spacial score (nSPS) is 20.0. The van der Waals surface area contributed by atoms with Gasteiger partial charge in [-0.25, -0.2) is 0 Å². The first-order valence-corrected chi connectivity index (χ1v) is 2.30. The zero-order valence-corrected chi connectivity index (χ0v) is 3.73. The Kier molecular flexibility index (Phi) is 3.85. The van der Waals surface area contributed by atoms with Crippen LogP contribution in [0.5, 0.6) is 0 Å². The van der Waals surface area contributed by atoms with Gasteiger partial charge in [-0.3, -0.25) is 0 Å². The SMILES string of the molecule is B.C1COPO1. The van der Waals surface area contributed by atoms with Gasteiger partial charge >= 0.3 is 0 Å². The van der Waals surface area contributed by atoms with Crippen molar-refractivity contribution in [1.29, 1.82) is 0 Å². The van der Waals surface area contributed by atoms with Gasteiger partial charge in [0.15, 0.2) is 9.03 Å². The molecule has 0 saturated carbocycles. The van der Waals surface area contributed by atoms with Gasteiger partial charge in [-0.15, -0.1) is 0 Å². The van der Waals surface area contributed by atoms with Crippen molar-refractivity contribution in [3.8, 4) is 0 Å². The molecule has 0 aromatic heterocycles. The van der Waals surface area contributed by atoms with E-state index in [0.29, 0.717) is 9.03 Å². The second kappa shape index (κ2) is 3.60. The number of hydrogen-bond acceptors (Lipinski definition) is 2. The van der Waals surface area contributed by atoms with Gasteiger partial charge in [-0.05, 0) is 0 Å². The monoisotopic (exact) mass is 106 g/mol. The van der Waals surface area contributed by atoms with Crippen molar-refractivity contribution in [3.63, 3.8) is 0 Å². The number of hydrogen-bond donors (Lipinski definition) is 0. The van der Waals surface area contributed by atoms with Crippen LogP contribution in [0.2, 0.25) is 0 Å². The molecule has 1 aliphatic heterocycles. The topological polar surface area (TPSA) is 18.5 Å². The van der Waals surface area contributed by atoms with E-state index in [4.69, 9.17) is 9.05 Å². The van der Waals surface area contributed by atoms with Crippen LogP contribution in [0.25, 0.3) is 0 Å². The molecule has 0 radical (unpaired) electrons. The van der Waals surface area contributed by atoms with Crippen LogP contribution in [0.15, 0.2) is 0 Å². The molecule has 0 bridgehead atoms. The molecule has 6 heavy (non-hydrogen) atoms. The molecule has 2 nitrogen and oxygen atoms in total. The fourth-order valence-corrected chi connectivity index (χ4v) is 0.625. The highest BCUT2D eigenvalue weighted by atomic mass is 31.1. The minimum Gasteiger partial charge on any atom is -0.334 e. The third kappa shape index (κ3) is 1.76. The van der Waals surface area contributed by atoms with Crippen molar-refractivity contribution in [2.75, 3.05) is 13.2 Å². The minimum absolute atomic E-state index is 0. The molecule has 1 fully saturated rings. The third-order valence-corrected chi connectivity index (χ3v) is 1.05. The van der Waals surface area contributed by atoms with Crippen molar-refractivity contribution in [3.05, 3.63) is 0 Å². The summed E-state index contributed by atoms with van der Waals surface area (Å²) in [7, 11) is 0.309. The Balaban J connectivity index is 0.000000250. The first-order chi connectivity index (χ1) is 2.50. The van der Waals surface area contributed by atoms with Crippen LogP contribution in [0.3, 0.4) is 0 Å². The van der Waals surface area contributed by atoms with Gasteiger partial charge in [-0.1, -0.05) is 0 Å². The Morgan fingerprint density at radius 3 is 1.83 bits per heavy atom. The Morgan fingerprint density at radius 2 is 1.67 bits per heavy atom. The lowest BCUT2D eigenvalue weighted by Crippen LogP contribution is -1.79. The lowest BCUT2D eigenvalue weighted by molar-refractivity contribution is 0.365. The van der Waals surface area contributed by atoms with E-state index < -0.39 is 0 Å². The molecule has 0 unspecified atom stereocenters. The Labute approximate surface area is 40.7 Å². The van der Waals surface area contributed by atoms with E-state index >= 15 is 0 Å². The summed E-state index contributed by atoms with van der Waals surface area (Å²) >= 11 is 0. The van der Waals surface area contributed by atoms with Gasteiger partial charge in [-0.2, -0.15) is 0 Å².